The normalized spacial score (nSPS) is 10.2. The summed E-state index contributed by atoms with van der Waals surface area (Å²) in [6.45, 7) is 4.47. The average molecular weight is 203 g/mol. The first-order valence-electron chi connectivity index (χ1n) is 5.13. The predicted molar refractivity (Wildman–Crippen MR) is 63.1 cm³/mol. The Morgan fingerprint density at radius 2 is 2.40 bits per heavy atom. The summed E-state index contributed by atoms with van der Waals surface area (Å²) >= 11 is 0. The lowest BCUT2D eigenvalue weighted by Crippen LogP contribution is -2.25. The molecular formula is C12H17N3. The largest absolute Gasteiger partial charge is 0.397 e. The molecule has 0 spiro atoms. The van der Waals surface area contributed by atoms with Crippen molar-refractivity contribution in [2.24, 2.45) is 0 Å². The number of aromatic nitrogens is 1. The van der Waals surface area contributed by atoms with E-state index < -0.39 is 0 Å². The number of terminal acetylenes is 1. The number of nitrogen functional groups attached to an aromatic ring is 1. The number of anilines is 1. The molecule has 0 amide bonds. The highest BCUT2D eigenvalue weighted by molar-refractivity contribution is 5.41. The molecule has 3 nitrogen and oxygen atoms in total. The summed E-state index contributed by atoms with van der Waals surface area (Å²) in [7, 11) is 0. The van der Waals surface area contributed by atoms with Gasteiger partial charge in [-0.05, 0) is 25.1 Å². The van der Waals surface area contributed by atoms with E-state index in [-0.39, 0.29) is 0 Å². The van der Waals surface area contributed by atoms with Gasteiger partial charge in [0.25, 0.3) is 0 Å². The fourth-order valence-corrected chi connectivity index (χ4v) is 1.45. The van der Waals surface area contributed by atoms with E-state index in [0.29, 0.717) is 6.54 Å². The Kier molecular flexibility index (Phi) is 4.65. The Bertz CT molecular complexity index is 341. The van der Waals surface area contributed by atoms with Crippen LogP contribution in [0.15, 0.2) is 18.3 Å². The lowest BCUT2D eigenvalue weighted by atomic mass is 10.2. The van der Waals surface area contributed by atoms with Gasteiger partial charge in [0.2, 0.25) is 0 Å². The average Bonchev–Trinajstić information content (AvgIpc) is 2.22. The van der Waals surface area contributed by atoms with Crippen LogP contribution in [0.1, 0.15) is 19.0 Å². The van der Waals surface area contributed by atoms with Crippen molar-refractivity contribution in [1.29, 1.82) is 0 Å². The van der Waals surface area contributed by atoms with Crippen LogP contribution < -0.4 is 5.73 Å². The van der Waals surface area contributed by atoms with Crippen molar-refractivity contribution in [3.63, 3.8) is 0 Å². The van der Waals surface area contributed by atoms with Gasteiger partial charge in [0.05, 0.1) is 17.9 Å². The fourth-order valence-electron chi connectivity index (χ4n) is 1.45. The highest BCUT2D eigenvalue weighted by Gasteiger charge is 2.06. The highest BCUT2D eigenvalue weighted by Crippen LogP contribution is 2.10. The van der Waals surface area contributed by atoms with Crippen molar-refractivity contribution in [2.75, 3.05) is 18.8 Å². The number of hydrogen-bond acceptors (Lipinski definition) is 3. The minimum Gasteiger partial charge on any atom is -0.397 e. The highest BCUT2D eigenvalue weighted by atomic mass is 15.1. The second-order valence-corrected chi connectivity index (χ2v) is 3.45. The van der Waals surface area contributed by atoms with Crippen molar-refractivity contribution in [3.8, 4) is 12.3 Å². The van der Waals surface area contributed by atoms with Crippen LogP contribution in [-0.2, 0) is 6.54 Å². The molecule has 0 saturated heterocycles. The number of hydrogen-bond donors (Lipinski definition) is 1. The summed E-state index contributed by atoms with van der Waals surface area (Å²) in [6, 6.07) is 3.70. The van der Waals surface area contributed by atoms with Gasteiger partial charge in [-0.2, -0.15) is 0 Å². The van der Waals surface area contributed by atoms with E-state index in [1.807, 2.05) is 12.1 Å². The molecule has 3 heteroatoms. The summed E-state index contributed by atoms with van der Waals surface area (Å²) in [6.07, 6.45) is 8.14. The Hall–Kier alpha value is -1.53. The van der Waals surface area contributed by atoms with E-state index in [9.17, 15) is 0 Å². The maximum atomic E-state index is 5.82. The lowest BCUT2D eigenvalue weighted by molar-refractivity contribution is 0.296. The molecule has 0 aliphatic carbocycles. The van der Waals surface area contributed by atoms with Crippen molar-refractivity contribution in [2.45, 2.75) is 19.9 Å². The molecule has 0 radical (unpaired) electrons. The first-order valence-corrected chi connectivity index (χ1v) is 5.13. The third kappa shape index (κ3) is 3.61. The molecule has 15 heavy (non-hydrogen) atoms. The van der Waals surface area contributed by atoms with Crippen LogP contribution in [0.4, 0.5) is 5.69 Å². The van der Waals surface area contributed by atoms with Gasteiger partial charge in [-0.1, -0.05) is 12.8 Å². The zero-order valence-electron chi connectivity index (χ0n) is 9.11. The molecule has 1 rings (SSSR count). The quantitative estimate of drug-likeness (QED) is 0.738. The maximum absolute atomic E-state index is 5.82. The first-order chi connectivity index (χ1) is 7.27. The topological polar surface area (TPSA) is 42.2 Å². The third-order valence-corrected chi connectivity index (χ3v) is 2.15. The van der Waals surface area contributed by atoms with Crippen LogP contribution in [0.25, 0.3) is 0 Å². The van der Waals surface area contributed by atoms with E-state index in [0.717, 1.165) is 30.9 Å². The first kappa shape index (κ1) is 11.5. The molecule has 1 aromatic rings. The summed E-state index contributed by atoms with van der Waals surface area (Å²) in [4.78, 5) is 6.41. The smallest absolute Gasteiger partial charge is 0.0773 e. The van der Waals surface area contributed by atoms with Crippen molar-refractivity contribution < 1.29 is 0 Å². The van der Waals surface area contributed by atoms with Gasteiger partial charge in [-0.3, -0.25) is 9.88 Å². The molecule has 1 aromatic heterocycles. The summed E-state index contributed by atoms with van der Waals surface area (Å²) in [5.41, 5.74) is 7.46. The van der Waals surface area contributed by atoms with Crippen molar-refractivity contribution in [1.82, 2.24) is 9.88 Å². The van der Waals surface area contributed by atoms with E-state index in [4.69, 9.17) is 12.2 Å². The molecule has 0 fully saturated rings. The summed E-state index contributed by atoms with van der Waals surface area (Å²) < 4.78 is 0. The van der Waals surface area contributed by atoms with Crippen molar-refractivity contribution in [3.05, 3.63) is 24.0 Å². The van der Waals surface area contributed by atoms with E-state index >= 15 is 0 Å². The minimum absolute atomic E-state index is 0.643. The van der Waals surface area contributed by atoms with Crippen LogP contribution in [0.3, 0.4) is 0 Å². The van der Waals surface area contributed by atoms with Crippen LogP contribution in [0, 0.1) is 12.3 Å². The van der Waals surface area contributed by atoms with Gasteiger partial charge in [-0.15, -0.1) is 6.42 Å². The van der Waals surface area contributed by atoms with Gasteiger partial charge in [-0.25, -0.2) is 0 Å². The van der Waals surface area contributed by atoms with Crippen LogP contribution >= 0.6 is 0 Å². The predicted octanol–water partition coefficient (Wildman–Crippen LogP) is 1.51. The van der Waals surface area contributed by atoms with Crippen LogP contribution in [-0.4, -0.2) is 23.0 Å². The lowest BCUT2D eigenvalue weighted by Gasteiger charge is -2.18. The standard InChI is InChI=1S/C12H17N3/c1-3-8-15(9-4-2)10-12-11(13)6-5-7-14-12/h1,5-7H,4,8-10,13H2,2H3. The molecule has 0 aromatic carbocycles. The maximum Gasteiger partial charge on any atom is 0.0773 e. The van der Waals surface area contributed by atoms with Gasteiger partial charge >= 0.3 is 0 Å². The molecule has 0 aliphatic heterocycles. The second kappa shape index (κ2) is 6.05. The molecule has 0 saturated carbocycles. The Balaban J connectivity index is 2.66. The zero-order valence-corrected chi connectivity index (χ0v) is 9.11. The number of nitrogens with zero attached hydrogens (tertiary/aromatic N) is 2. The molecular weight excluding hydrogens is 186 g/mol. The van der Waals surface area contributed by atoms with E-state index in [2.05, 4.69) is 22.7 Å². The second-order valence-electron chi connectivity index (χ2n) is 3.45. The number of rotatable bonds is 5. The zero-order chi connectivity index (χ0) is 11.1. The number of nitrogens with two attached hydrogens (primary N) is 1. The minimum atomic E-state index is 0.643. The molecule has 2 N–H and O–H groups in total. The molecule has 80 valence electrons. The SMILES string of the molecule is C#CCN(CCC)Cc1ncccc1N. The summed E-state index contributed by atoms with van der Waals surface area (Å²) in [5.74, 6) is 2.65. The van der Waals surface area contributed by atoms with Crippen molar-refractivity contribution >= 4 is 5.69 Å². The van der Waals surface area contributed by atoms with E-state index in [1.54, 1.807) is 6.20 Å². The van der Waals surface area contributed by atoms with Gasteiger partial charge < -0.3 is 5.73 Å². The molecule has 1 heterocycles. The van der Waals surface area contributed by atoms with E-state index in [1.165, 1.54) is 0 Å². The molecule has 0 unspecified atom stereocenters. The number of pyridine rings is 1. The van der Waals surface area contributed by atoms with Gasteiger partial charge in [0, 0.05) is 12.7 Å². The monoisotopic (exact) mass is 203 g/mol. The van der Waals surface area contributed by atoms with Crippen LogP contribution in [0.5, 0.6) is 0 Å². The molecule has 0 atom stereocenters. The summed E-state index contributed by atoms with van der Waals surface area (Å²) in [5, 5.41) is 0. The van der Waals surface area contributed by atoms with Crippen LogP contribution in [0.2, 0.25) is 0 Å². The van der Waals surface area contributed by atoms with Gasteiger partial charge in [0.1, 0.15) is 0 Å². The fraction of sp³-hybridized carbons (Fsp3) is 0.417. The Morgan fingerprint density at radius 1 is 1.60 bits per heavy atom. The Labute approximate surface area is 91.3 Å². The third-order valence-electron chi connectivity index (χ3n) is 2.15. The molecule has 0 aliphatic rings. The Morgan fingerprint density at radius 3 is 3.00 bits per heavy atom. The van der Waals surface area contributed by atoms with Gasteiger partial charge in [0.15, 0.2) is 0 Å². The molecule has 0 bridgehead atoms.